The Bertz CT molecular complexity index is 559. The van der Waals surface area contributed by atoms with E-state index in [1.165, 1.54) is 0 Å². The van der Waals surface area contributed by atoms with E-state index in [0.717, 1.165) is 35.8 Å². The Kier molecular flexibility index (Phi) is 6.49. The van der Waals surface area contributed by atoms with E-state index < -0.39 is 0 Å². The molecule has 2 rings (SSSR count). The van der Waals surface area contributed by atoms with Crippen LogP contribution in [0.2, 0.25) is 5.02 Å². The van der Waals surface area contributed by atoms with E-state index in [-0.39, 0.29) is 6.04 Å². The van der Waals surface area contributed by atoms with E-state index in [0.29, 0.717) is 11.6 Å². The van der Waals surface area contributed by atoms with Gasteiger partial charge in [0.2, 0.25) is 0 Å². The summed E-state index contributed by atoms with van der Waals surface area (Å²) in [7, 11) is 0. The maximum atomic E-state index is 5.97. The van der Waals surface area contributed by atoms with Crippen molar-refractivity contribution in [1.82, 2.24) is 10.3 Å². The zero-order valence-corrected chi connectivity index (χ0v) is 14.0. The Morgan fingerprint density at radius 1 is 1.43 bits per heavy atom. The summed E-state index contributed by atoms with van der Waals surface area (Å²) in [4.78, 5) is 4.53. The Balaban J connectivity index is 1.92. The van der Waals surface area contributed by atoms with Crippen molar-refractivity contribution in [1.29, 1.82) is 0 Å². The van der Waals surface area contributed by atoms with E-state index in [9.17, 15) is 0 Å². The number of benzene rings is 1. The van der Waals surface area contributed by atoms with Crippen LogP contribution in [0.15, 0.2) is 29.6 Å². The molecule has 1 atom stereocenters. The standard InChI is InChI=1S/C16H21ClN2OS/c1-3-7-18-14(9-16-19-12(2)11-21-16)10-20-15-6-4-5-13(17)8-15/h4-6,8,11,14,18H,3,7,9-10H2,1-2H3. The number of thiazole rings is 1. The number of halogens is 1. The fourth-order valence-electron chi connectivity index (χ4n) is 2.00. The largest absolute Gasteiger partial charge is 0.492 e. The van der Waals surface area contributed by atoms with Crippen LogP contribution < -0.4 is 10.1 Å². The van der Waals surface area contributed by atoms with Crippen molar-refractivity contribution in [2.45, 2.75) is 32.7 Å². The smallest absolute Gasteiger partial charge is 0.120 e. The zero-order chi connectivity index (χ0) is 15.1. The number of nitrogens with zero attached hydrogens (tertiary/aromatic N) is 1. The molecule has 0 saturated heterocycles. The molecule has 1 heterocycles. The molecule has 0 amide bonds. The van der Waals surface area contributed by atoms with E-state index in [2.05, 4.69) is 22.6 Å². The first-order chi connectivity index (χ1) is 10.2. The Hall–Kier alpha value is -1.10. The van der Waals surface area contributed by atoms with Crippen LogP contribution in [-0.4, -0.2) is 24.2 Å². The summed E-state index contributed by atoms with van der Waals surface area (Å²) < 4.78 is 5.85. The summed E-state index contributed by atoms with van der Waals surface area (Å²) in [6.07, 6.45) is 1.99. The van der Waals surface area contributed by atoms with E-state index >= 15 is 0 Å². The third-order valence-electron chi connectivity index (χ3n) is 3.02. The van der Waals surface area contributed by atoms with Gasteiger partial charge in [0.25, 0.3) is 0 Å². The van der Waals surface area contributed by atoms with Crippen molar-refractivity contribution in [3.05, 3.63) is 45.4 Å². The molecule has 3 nitrogen and oxygen atoms in total. The van der Waals surface area contributed by atoms with Gasteiger partial charge in [0.05, 0.1) is 5.01 Å². The zero-order valence-electron chi connectivity index (χ0n) is 12.4. The Labute approximate surface area is 135 Å². The molecular formula is C16H21ClN2OS. The van der Waals surface area contributed by atoms with Crippen LogP contribution in [0.3, 0.4) is 0 Å². The summed E-state index contributed by atoms with van der Waals surface area (Å²) in [5.74, 6) is 0.807. The minimum absolute atomic E-state index is 0.259. The van der Waals surface area contributed by atoms with Crippen LogP contribution >= 0.6 is 22.9 Å². The number of hydrogen-bond acceptors (Lipinski definition) is 4. The molecule has 0 radical (unpaired) electrons. The molecule has 0 aliphatic heterocycles. The quantitative estimate of drug-likeness (QED) is 0.794. The van der Waals surface area contributed by atoms with E-state index in [1.54, 1.807) is 11.3 Å². The summed E-state index contributed by atoms with van der Waals surface area (Å²) in [6.45, 7) is 5.78. The molecule has 0 bridgehead atoms. The summed E-state index contributed by atoms with van der Waals surface area (Å²) in [5, 5.41) is 7.45. The van der Waals surface area contributed by atoms with Crippen LogP contribution in [0.5, 0.6) is 5.75 Å². The molecule has 2 aromatic rings. The third-order valence-corrected chi connectivity index (χ3v) is 4.24. The highest BCUT2D eigenvalue weighted by atomic mass is 35.5. The van der Waals surface area contributed by atoms with Crippen molar-refractivity contribution in [2.75, 3.05) is 13.2 Å². The van der Waals surface area contributed by atoms with Crippen molar-refractivity contribution in [2.24, 2.45) is 0 Å². The fourth-order valence-corrected chi connectivity index (χ4v) is 3.03. The molecule has 114 valence electrons. The highest BCUT2D eigenvalue weighted by Gasteiger charge is 2.12. The minimum atomic E-state index is 0.259. The second-order valence-electron chi connectivity index (χ2n) is 5.01. The van der Waals surface area contributed by atoms with Crippen LogP contribution in [0.1, 0.15) is 24.0 Å². The van der Waals surface area contributed by atoms with Gasteiger partial charge in [-0.25, -0.2) is 4.98 Å². The number of aryl methyl sites for hydroxylation is 1. The molecular weight excluding hydrogens is 304 g/mol. The highest BCUT2D eigenvalue weighted by molar-refractivity contribution is 7.09. The number of ether oxygens (including phenoxy) is 1. The number of hydrogen-bond donors (Lipinski definition) is 1. The molecule has 0 saturated carbocycles. The maximum Gasteiger partial charge on any atom is 0.120 e. The molecule has 1 aromatic heterocycles. The topological polar surface area (TPSA) is 34.1 Å². The first-order valence-corrected chi connectivity index (χ1v) is 8.46. The van der Waals surface area contributed by atoms with Crippen LogP contribution in [0.25, 0.3) is 0 Å². The Morgan fingerprint density at radius 2 is 2.29 bits per heavy atom. The van der Waals surface area contributed by atoms with Gasteiger partial charge in [0, 0.05) is 28.6 Å². The lowest BCUT2D eigenvalue weighted by molar-refractivity contribution is 0.263. The first kappa shape index (κ1) is 16.3. The molecule has 1 N–H and O–H groups in total. The normalized spacial score (nSPS) is 12.3. The van der Waals surface area contributed by atoms with Gasteiger partial charge in [-0.2, -0.15) is 0 Å². The predicted molar refractivity (Wildman–Crippen MR) is 89.6 cm³/mol. The Morgan fingerprint density at radius 3 is 2.95 bits per heavy atom. The number of nitrogens with one attached hydrogen (secondary N) is 1. The molecule has 0 aliphatic rings. The molecule has 1 aromatic carbocycles. The van der Waals surface area contributed by atoms with E-state index in [4.69, 9.17) is 16.3 Å². The summed E-state index contributed by atoms with van der Waals surface area (Å²) in [5.41, 5.74) is 1.08. The van der Waals surface area contributed by atoms with Gasteiger partial charge in [-0.1, -0.05) is 24.6 Å². The van der Waals surface area contributed by atoms with Crippen LogP contribution in [0, 0.1) is 6.92 Å². The fraction of sp³-hybridized carbons (Fsp3) is 0.438. The van der Waals surface area contributed by atoms with Gasteiger partial charge in [0.1, 0.15) is 12.4 Å². The van der Waals surface area contributed by atoms with Gasteiger partial charge in [-0.15, -0.1) is 11.3 Å². The number of aromatic nitrogens is 1. The van der Waals surface area contributed by atoms with Crippen molar-refractivity contribution >= 4 is 22.9 Å². The summed E-state index contributed by atoms with van der Waals surface area (Å²) >= 11 is 7.68. The predicted octanol–water partition coefficient (Wildman–Crippen LogP) is 4.09. The summed E-state index contributed by atoms with van der Waals surface area (Å²) in [6, 6.07) is 7.77. The van der Waals surface area contributed by atoms with Crippen molar-refractivity contribution < 1.29 is 4.74 Å². The van der Waals surface area contributed by atoms with Gasteiger partial charge < -0.3 is 10.1 Å². The monoisotopic (exact) mass is 324 g/mol. The average Bonchev–Trinajstić information content (AvgIpc) is 2.87. The van der Waals surface area contributed by atoms with Gasteiger partial charge >= 0.3 is 0 Å². The van der Waals surface area contributed by atoms with E-state index in [1.807, 2.05) is 31.2 Å². The van der Waals surface area contributed by atoms with Crippen LogP contribution in [-0.2, 0) is 6.42 Å². The highest BCUT2D eigenvalue weighted by Crippen LogP contribution is 2.18. The number of rotatable bonds is 8. The first-order valence-electron chi connectivity index (χ1n) is 7.20. The van der Waals surface area contributed by atoms with Gasteiger partial charge in [0.15, 0.2) is 0 Å². The maximum absolute atomic E-state index is 5.97. The van der Waals surface area contributed by atoms with Crippen LogP contribution in [0.4, 0.5) is 0 Å². The lowest BCUT2D eigenvalue weighted by Gasteiger charge is -2.18. The van der Waals surface area contributed by atoms with Crippen molar-refractivity contribution in [3.8, 4) is 5.75 Å². The second kappa shape index (κ2) is 8.37. The third kappa shape index (κ3) is 5.65. The molecule has 0 aliphatic carbocycles. The average molecular weight is 325 g/mol. The lowest BCUT2D eigenvalue weighted by atomic mass is 10.2. The lowest BCUT2D eigenvalue weighted by Crippen LogP contribution is -2.37. The molecule has 5 heteroatoms. The van der Waals surface area contributed by atoms with Gasteiger partial charge in [-0.3, -0.25) is 0 Å². The molecule has 1 unspecified atom stereocenters. The molecule has 21 heavy (non-hydrogen) atoms. The molecule has 0 spiro atoms. The molecule has 0 fully saturated rings. The SMILES string of the molecule is CCCNC(COc1cccc(Cl)c1)Cc1nc(C)cs1. The second-order valence-corrected chi connectivity index (χ2v) is 6.39. The van der Waals surface area contributed by atoms with Gasteiger partial charge in [-0.05, 0) is 38.1 Å². The van der Waals surface area contributed by atoms with Crippen molar-refractivity contribution in [3.63, 3.8) is 0 Å². The minimum Gasteiger partial charge on any atom is -0.492 e.